The van der Waals surface area contributed by atoms with Crippen LogP contribution >= 0.6 is 0 Å². The summed E-state index contributed by atoms with van der Waals surface area (Å²) < 4.78 is 17.0. The van der Waals surface area contributed by atoms with Crippen LogP contribution < -0.4 is 0 Å². The van der Waals surface area contributed by atoms with E-state index in [0.717, 1.165) is 135 Å². The largest absolute Gasteiger partial charge is 0.462 e. The zero-order valence-corrected chi connectivity index (χ0v) is 54.0. The SMILES string of the molecule is CC/C=C\C/C=C\C/C=C\C/C=C\C/C=C\C/C=C\C/C=C\CCCCCCCCCC(=O)OCC(COC(=O)CCCCCCC/C=C\C/C=C\CCCC)OC(=O)CCCCCCCCCCCCCCCCCCCCCCC. The molecular formula is C76H130O6. The van der Waals surface area contributed by atoms with Crippen molar-refractivity contribution in [1.29, 1.82) is 0 Å². The van der Waals surface area contributed by atoms with Crippen molar-refractivity contribution in [3.8, 4) is 0 Å². The summed E-state index contributed by atoms with van der Waals surface area (Å²) in [6, 6.07) is 0. The molecule has 0 aliphatic rings. The molecule has 0 bridgehead atoms. The van der Waals surface area contributed by atoms with Crippen LogP contribution in [0.4, 0.5) is 0 Å². The van der Waals surface area contributed by atoms with Gasteiger partial charge in [-0.3, -0.25) is 14.4 Å². The fourth-order valence-corrected chi connectivity index (χ4v) is 9.79. The van der Waals surface area contributed by atoms with E-state index in [1.54, 1.807) is 0 Å². The molecule has 6 heteroatoms. The Morgan fingerprint density at radius 3 is 0.780 bits per heavy atom. The highest BCUT2D eigenvalue weighted by molar-refractivity contribution is 5.71. The second-order valence-corrected chi connectivity index (χ2v) is 23.1. The quantitative estimate of drug-likeness (QED) is 0.0261. The van der Waals surface area contributed by atoms with Gasteiger partial charge in [0.2, 0.25) is 0 Å². The topological polar surface area (TPSA) is 78.9 Å². The lowest BCUT2D eigenvalue weighted by molar-refractivity contribution is -0.167. The summed E-state index contributed by atoms with van der Waals surface area (Å²) in [5, 5.41) is 0. The van der Waals surface area contributed by atoms with Crippen molar-refractivity contribution in [2.24, 2.45) is 0 Å². The maximum Gasteiger partial charge on any atom is 0.306 e. The normalized spacial score (nSPS) is 12.8. The smallest absolute Gasteiger partial charge is 0.306 e. The molecule has 470 valence electrons. The number of ether oxygens (including phenoxy) is 3. The average molecular weight is 1140 g/mol. The first-order valence-electron chi connectivity index (χ1n) is 34.9. The second kappa shape index (κ2) is 69.6. The molecule has 0 aromatic carbocycles. The third-order valence-corrected chi connectivity index (χ3v) is 15.0. The van der Waals surface area contributed by atoms with E-state index >= 15 is 0 Å². The van der Waals surface area contributed by atoms with Crippen LogP contribution in [0.5, 0.6) is 0 Å². The molecule has 1 unspecified atom stereocenters. The Hall–Kier alpha value is -3.93. The standard InChI is InChI=1S/C76H130O6/c1-4-7-10-13-16-19-22-25-28-30-32-34-35-36-37-38-39-40-41-43-44-46-48-51-54-57-60-63-66-69-75(78)81-72-73(71-80-74(77)68-65-62-59-56-53-50-27-24-21-18-15-12-9-6-3)82-76(79)70-67-64-61-58-55-52-49-47-45-42-33-31-29-26-23-20-17-14-11-8-5-2/h7,10,15-16,18-19,24-25,27-28,32,34,36-37,39-40,43-44,73H,4-6,8-9,11-14,17,20-23,26,29-31,33,35,38,41-42,45-72H2,1-3H3/b10-7-,18-15-,19-16-,27-24-,28-25-,34-32-,37-36-,40-39-,44-43-. The van der Waals surface area contributed by atoms with Crippen molar-refractivity contribution < 1.29 is 28.6 Å². The summed E-state index contributed by atoms with van der Waals surface area (Å²) >= 11 is 0. The number of hydrogen-bond donors (Lipinski definition) is 0. The third-order valence-electron chi connectivity index (χ3n) is 15.0. The molecule has 0 aliphatic heterocycles. The monoisotopic (exact) mass is 1140 g/mol. The molecule has 0 aromatic heterocycles. The molecule has 0 heterocycles. The molecule has 0 saturated carbocycles. The number of carbonyl (C=O) groups is 3. The number of unbranched alkanes of at least 4 members (excludes halogenated alkanes) is 34. The lowest BCUT2D eigenvalue weighted by Gasteiger charge is -2.18. The molecule has 6 nitrogen and oxygen atoms in total. The van der Waals surface area contributed by atoms with Gasteiger partial charge in [0, 0.05) is 19.3 Å². The maximum absolute atomic E-state index is 13.0. The summed E-state index contributed by atoms with van der Waals surface area (Å²) in [5.74, 6) is -0.896. The van der Waals surface area contributed by atoms with Crippen molar-refractivity contribution in [2.45, 2.75) is 341 Å². The maximum atomic E-state index is 13.0. The summed E-state index contributed by atoms with van der Waals surface area (Å²) in [6.45, 7) is 6.50. The molecular weight excluding hydrogens is 1010 g/mol. The Morgan fingerprint density at radius 1 is 0.256 bits per heavy atom. The van der Waals surface area contributed by atoms with Gasteiger partial charge in [-0.05, 0) is 103 Å². The van der Waals surface area contributed by atoms with E-state index in [9.17, 15) is 14.4 Å². The number of allylic oxidation sites excluding steroid dienone is 18. The summed E-state index contributed by atoms with van der Waals surface area (Å²) in [4.78, 5) is 38.4. The van der Waals surface area contributed by atoms with E-state index in [2.05, 4.69) is 130 Å². The minimum Gasteiger partial charge on any atom is -0.462 e. The van der Waals surface area contributed by atoms with Gasteiger partial charge in [-0.25, -0.2) is 0 Å². The summed E-state index contributed by atoms with van der Waals surface area (Å²) in [6.07, 6.45) is 95.3. The molecule has 0 N–H and O–H groups in total. The zero-order chi connectivity index (χ0) is 59.2. The Bertz CT molecular complexity index is 1640. The van der Waals surface area contributed by atoms with Gasteiger partial charge in [-0.1, -0.05) is 323 Å². The van der Waals surface area contributed by atoms with Crippen LogP contribution in [-0.2, 0) is 28.6 Å². The molecule has 0 spiro atoms. The predicted molar refractivity (Wildman–Crippen MR) is 357 cm³/mol. The first kappa shape index (κ1) is 78.1. The Kier molecular flexibility index (Phi) is 66.2. The van der Waals surface area contributed by atoms with E-state index in [1.807, 2.05) is 0 Å². The Labute approximate surface area is 508 Å². The van der Waals surface area contributed by atoms with Gasteiger partial charge < -0.3 is 14.2 Å². The van der Waals surface area contributed by atoms with E-state index in [0.29, 0.717) is 19.3 Å². The first-order valence-corrected chi connectivity index (χ1v) is 34.9. The van der Waals surface area contributed by atoms with Crippen molar-refractivity contribution >= 4 is 17.9 Å². The zero-order valence-electron chi connectivity index (χ0n) is 54.0. The van der Waals surface area contributed by atoms with Crippen LogP contribution in [0.3, 0.4) is 0 Å². The average Bonchev–Trinajstić information content (AvgIpc) is 3.47. The molecule has 0 radical (unpaired) electrons. The highest BCUT2D eigenvalue weighted by Crippen LogP contribution is 2.17. The van der Waals surface area contributed by atoms with Crippen LogP contribution in [0.1, 0.15) is 335 Å². The van der Waals surface area contributed by atoms with Crippen molar-refractivity contribution in [3.05, 3.63) is 109 Å². The Balaban J connectivity index is 4.34. The lowest BCUT2D eigenvalue weighted by atomic mass is 10.0. The second-order valence-electron chi connectivity index (χ2n) is 23.1. The van der Waals surface area contributed by atoms with Crippen LogP contribution in [0, 0.1) is 0 Å². The van der Waals surface area contributed by atoms with Crippen LogP contribution in [0.2, 0.25) is 0 Å². The third kappa shape index (κ3) is 66.9. The van der Waals surface area contributed by atoms with Crippen molar-refractivity contribution in [3.63, 3.8) is 0 Å². The molecule has 0 aromatic rings. The summed E-state index contributed by atoms with van der Waals surface area (Å²) in [5.41, 5.74) is 0. The molecule has 0 saturated heterocycles. The fourth-order valence-electron chi connectivity index (χ4n) is 9.79. The van der Waals surface area contributed by atoms with E-state index in [4.69, 9.17) is 14.2 Å². The highest BCUT2D eigenvalue weighted by Gasteiger charge is 2.19. The first-order chi connectivity index (χ1) is 40.5. The van der Waals surface area contributed by atoms with E-state index in [1.165, 1.54) is 161 Å². The lowest BCUT2D eigenvalue weighted by Crippen LogP contribution is -2.30. The minimum absolute atomic E-state index is 0.0867. The molecule has 0 aliphatic carbocycles. The van der Waals surface area contributed by atoms with Gasteiger partial charge in [-0.15, -0.1) is 0 Å². The summed E-state index contributed by atoms with van der Waals surface area (Å²) in [7, 11) is 0. The van der Waals surface area contributed by atoms with Gasteiger partial charge in [-0.2, -0.15) is 0 Å². The molecule has 1 atom stereocenters. The van der Waals surface area contributed by atoms with Crippen LogP contribution in [-0.4, -0.2) is 37.2 Å². The van der Waals surface area contributed by atoms with Crippen molar-refractivity contribution in [2.75, 3.05) is 13.2 Å². The molecule has 0 rings (SSSR count). The van der Waals surface area contributed by atoms with Crippen molar-refractivity contribution in [1.82, 2.24) is 0 Å². The minimum atomic E-state index is -0.790. The molecule has 82 heavy (non-hydrogen) atoms. The molecule has 0 amide bonds. The number of esters is 3. The van der Waals surface area contributed by atoms with Gasteiger partial charge in [0.05, 0.1) is 0 Å². The van der Waals surface area contributed by atoms with Gasteiger partial charge >= 0.3 is 17.9 Å². The number of rotatable bonds is 63. The molecule has 0 fully saturated rings. The van der Waals surface area contributed by atoms with Gasteiger partial charge in [0.1, 0.15) is 13.2 Å². The Morgan fingerprint density at radius 2 is 0.488 bits per heavy atom. The number of hydrogen-bond acceptors (Lipinski definition) is 6. The fraction of sp³-hybridized carbons (Fsp3) is 0.724. The van der Waals surface area contributed by atoms with E-state index in [-0.39, 0.29) is 31.1 Å². The highest BCUT2D eigenvalue weighted by atomic mass is 16.6. The number of carbonyl (C=O) groups excluding carboxylic acids is 3. The van der Waals surface area contributed by atoms with Crippen LogP contribution in [0.15, 0.2) is 109 Å². The predicted octanol–water partition coefficient (Wildman–Crippen LogP) is 24.2. The van der Waals surface area contributed by atoms with Gasteiger partial charge in [0.25, 0.3) is 0 Å². The van der Waals surface area contributed by atoms with Crippen LogP contribution in [0.25, 0.3) is 0 Å². The van der Waals surface area contributed by atoms with Gasteiger partial charge in [0.15, 0.2) is 6.10 Å². The van der Waals surface area contributed by atoms with E-state index < -0.39 is 6.10 Å².